The van der Waals surface area contributed by atoms with Gasteiger partial charge < -0.3 is 43.2 Å². The molecule has 3 aromatic rings. The van der Waals surface area contributed by atoms with Crippen LogP contribution in [0.5, 0.6) is 0 Å². The van der Waals surface area contributed by atoms with E-state index in [9.17, 15) is 24.3 Å². The van der Waals surface area contributed by atoms with Gasteiger partial charge in [0.05, 0.1) is 6.04 Å². The molecule has 238 valence electrons. The average molecular weight is 608 g/mol. The van der Waals surface area contributed by atoms with E-state index in [1.165, 1.54) is 0 Å². The summed E-state index contributed by atoms with van der Waals surface area (Å²) < 4.78 is 0. The van der Waals surface area contributed by atoms with Gasteiger partial charge in [0, 0.05) is 29.9 Å². The van der Waals surface area contributed by atoms with E-state index in [4.69, 9.17) is 17.2 Å². The SMILES string of the molecule is NCCCC[C@H](NC(=O)[C@H](Cc1c[nH]c2ccccc12)NC(=O)[C@H](Cc1ccccc1)NC(=O)[C@@H](N)CCCCN)C(=O)O. The monoisotopic (exact) mass is 607 g/mol. The molecule has 0 fully saturated rings. The molecule has 0 unspecified atom stereocenters. The van der Waals surface area contributed by atoms with Gasteiger partial charge in [0.15, 0.2) is 0 Å². The normalized spacial score (nSPS) is 13.9. The fraction of sp³-hybridized carbons (Fsp3) is 0.438. The van der Waals surface area contributed by atoms with E-state index in [1.807, 2.05) is 54.6 Å². The number of unbranched alkanes of at least 4 members (excludes halogenated alkanes) is 2. The van der Waals surface area contributed by atoms with Gasteiger partial charge in [-0.1, -0.05) is 55.0 Å². The molecule has 12 nitrogen and oxygen atoms in total. The minimum Gasteiger partial charge on any atom is -0.480 e. The number of nitrogens with one attached hydrogen (secondary N) is 4. The first-order valence-electron chi connectivity index (χ1n) is 15.1. The smallest absolute Gasteiger partial charge is 0.326 e. The third-order valence-electron chi connectivity index (χ3n) is 7.52. The maximum absolute atomic E-state index is 13.8. The zero-order chi connectivity index (χ0) is 31.9. The van der Waals surface area contributed by atoms with E-state index in [0.717, 1.165) is 28.5 Å². The summed E-state index contributed by atoms with van der Waals surface area (Å²) in [5.74, 6) is -2.90. The van der Waals surface area contributed by atoms with Crippen LogP contribution >= 0.6 is 0 Å². The second kappa shape index (κ2) is 17.8. The minimum atomic E-state index is -1.18. The maximum atomic E-state index is 13.8. The zero-order valence-electron chi connectivity index (χ0n) is 25.0. The maximum Gasteiger partial charge on any atom is 0.326 e. The molecule has 0 aliphatic rings. The van der Waals surface area contributed by atoms with Gasteiger partial charge in [-0.25, -0.2) is 4.79 Å². The van der Waals surface area contributed by atoms with Crippen molar-refractivity contribution in [3.63, 3.8) is 0 Å². The summed E-state index contributed by atoms with van der Waals surface area (Å²) in [6.07, 6.45) is 5.14. The van der Waals surface area contributed by atoms with E-state index in [1.54, 1.807) is 6.20 Å². The molecule has 11 N–H and O–H groups in total. The molecule has 44 heavy (non-hydrogen) atoms. The van der Waals surface area contributed by atoms with Gasteiger partial charge in [-0.15, -0.1) is 0 Å². The van der Waals surface area contributed by atoms with Crippen LogP contribution in [0.15, 0.2) is 60.8 Å². The molecule has 3 amide bonds. The van der Waals surface area contributed by atoms with Crippen LogP contribution in [0.25, 0.3) is 10.9 Å². The molecule has 0 aliphatic carbocycles. The Labute approximate surface area is 257 Å². The van der Waals surface area contributed by atoms with Crippen molar-refractivity contribution in [3.8, 4) is 0 Å². The van der Waals surface area contributed by atoms with Gasteiger partial charge in [0.1, 0.15) is 18.1 Å². The van der Waals surface area contributed by atoms with Crippen molar-refractivity contribution in [2.24, 2.45) is 17.2 Å². The van der Waals surface area contributed by atoms with Crippen LogP contribution in [-0.2, 0) is 32.0 Å². The number of carboxylic acid groups (broad SMARTS) is 1. The number of fused-ring (bicyclic) bond motifs is 1. The second-order valence-electron chi connectivity index (χ2n) is 11.0. The lowest BCUT2D eigenvalue weighted by Gasteiger charge is -2.25. The van der Waals surface area contributed by atoms with E-state index in [0.29, 0.717) is 38.8 Å². The number of aromatic amines is 1. The number of para-hydroxylation sites is 1. The van der Waals surface area contributed by atoms with Gasteiger partial charge in [-0.2, -0.15) is 0 Å². The van der Waals surface area contributed by atoms with Crippen LogP contribution in [0.4, 0.5) is 0 Å². The van der Waals surface area contributed by atoms with Crippen LogP contribution in [0, 0.1) is 0 Å². The van der Waals surface area contributed by atoms with Gasteiger partial charge in [0.2, 0.25) is 17.7 Å². The molecular weight excluding hydrogens is 562 g/mol. The number of hydrogen-bond donors (Lipinski definition) is 8. The first-order valence-corrected chi connectivity index (χ1v) is 15.1. The number of carbonyl (C=O) groups is 4. The Balaban J connectivity index is 1.85. The molecule has 0 spiro atoms. The third kappa shape index (κ3) is 10.5. The summed E-state index contributed by atoms with van der Waals surface area (Å²) in [7, 11) is 0. The lowest BCUT2D eigenvalue weighted by molar-refractivity contribution is -0.142. The fourth-order valence-electron chi connectivity index (χ4n) is 5.00. The summed E-state index contributed by atoms with van der Waals surface area (Å²) in [4.78, 5) is 55.5. The lowest BCUT2D eigenvalue weighted by Crippen LogP contribution is -2.58. The molecule has 3 rings (SSSR count). The predicted molar refractivity (Wildman–Crippen MR) is 169 cm³/mol. The molecule has 0 radical (unpaired) electrons. The molecule has 12 heteroatoms. The Bertz CT molecular complexity index is 1360. The van der Waals surface area contributed by atoms with Crippen molar-refractivity contribution in [2.45, 2.75) is 75.5 Å². The topological polar surface area (TPSA) is 218 Å². The highest BCUT2D eigenvalue weighted by molar-refractivity contribution is 5.95. The number of carbonyl (C=O) groups excluding carboxylic acids is 3. The first-order chi connectivity index (χ1) is 21.2. The molecule has 4 atom stereocenters. The molecule has 0 bridgehead atoms. The number of hydrogen-bond acceptors (Lipinski definition) is 7. The Hall–Kier alpha value is -4.26. The van der Waals surface area contributed by atoms with E-state index < -0.39 is 47.9 Å². The van der Waals surface area contributed by atoms with Crippen molar-refractivity contribution in [1.29, 1.82) is 0 Å². The Kier molecular flexibility index (Phi) is 13.8. The summed E-state index contributed by atoms with van der Waals surface area (Å²) in [6.45, 7) is 0.897. The molecule has 0 aliphatic heterocycles. The van der Waals surface area contributed by atoms with Crippen molar-refractivity contribution in [2.75, 3.05) is 13.1 Å². The summed E-state index contributed by atoms with van der Waals surface area (Å²) in [5, 5.41) is 18.8. The van der Waals surface area contributed by atoms with Gasteiger partial charge in [-0.05, 0) is 62.4 Å². The van der Waals surface area contributed by atoms with Crippen molar-refractivity contribution < 1.29 is 24.3 Å². The highest BCUT2D eigenvalue weighted by atomic mass is 16.4. The average Bonchev–Trinajstić information content (AvgIpc) is 3.43. The number of benzene rings is 2. The summed E-state index contributed by atoms with van der Waals surface area (Å²) >= 11 is 0. The number of H-pyrrole nitrogens is 1. The van der Waals surface area contributed by atoms with Crippen molar-refractivity contribution in [1.82, 2.24) is 20.9 Å². The van der Waals surface area contributed by atoms with E-state index in [2.05, 4.69) is 20.9 Å². The number of aliphatic carboxylic acids is 1. The number of amides is 3. The number of rotatable bonds is 19. The van der Waals surface area contributed by atoms with Crippen LogP contribution in [0.3, 0.4) is 0 Å². The Morgan fingerprint density at radius 1 is 0.705 bits per heavy atom. The first kappa shape index (κ1) is 34.2. The summed E-state index contributed by atoms with van der Waals surface area (Å²) in [5.41, 5.74) is 19.6. The number of nitrogens with two attached hydrogens (primary N) is 3. The van der Waals surface area contributed by atoms with Crippen molar-refractivity contribution >= 4 is 34.6 Å². The molecule has 1 heterocycles. The molecular formula is C32H45N7O5. The molecule has 0 saturated heterocycles. The van der Waals surface area contributed by atoms with Gasteiger partial charge >= 0.3 is 5.97 Å². The van der Waals surface area contributed by atoms with Gasteiger partial charge in [0.25, 0.3) is 0 Å². The van der Waals surface area contributed by atoms with Crippen molar-refractivity contribution in [3.05, 3.63) is 71.9 Å². The summed E-state index contributed by atoms with van der Waals surface area (Å²) in [6, 6.07) is 12.6. The number of carboxylic acids is 1. The van der Waals surface area contributed by atoms with Crippen LogP contribution in [0.1, 0.15) is 49.7 Å². The highest BCUT2D eigenvalue weighted by Gasteiger charge is 2.31. The largest absolute Gasteiger partial charge is 0.480 e. The third-order valence-corrected chi connectivity index (χ3v) is 7.52. The van der Waals surface area contributed by atoms with E-state index >= 15 is 0 Å². The van der Waals surface area contributed by atoms with Crippen LogP contribution in [-0.4, -0.2) is 71.0 Å². The minimum absolute atomic E-state index is 0.0847. The zero-order valence-corrected chi connectivity index (χ0v) is 25.0. The Morgan fingerprint density at radius 3 is 1.93 bits per heavy atom. The second-order valence-corrected chi connectivity index (χ2v) is 11.0. The quantitative estimate of drug-likeness (QED) is 0.0920. The van der Waals surface area contributed by atoms with E-state index in [-0.39, 0.29) is 19.3 Å². The molecule has 2 aromatic carbocycles. The van der Waals surface area contributed by atoms with Crippen LogP contribution in [0.2, 0.25) is 0 Å². The molecule has 0 saturated carbocycles. The molecule has 1 aromatic heterocycles. The Morgan fingerprint density at radius 2 is 1.27 bits per heavy atom. The van der Waals surface area contributed by atoms with Gasteiger partial charge in [-0.3, -0.25) is 14.4 Å². The lowest BCUT2D eigenvalue weighted by atomic mass is 10.0. The van der Waals surface area contributed by atoms with Crippen LogP contribution < -0.4 is 33.2 Å². The fourth-order valence-corrected chi connectivity index (χ4v) is 5.00. The standard InChI is InChI=1S/C32H45N7O5/c33-16-8-6-13-24(35)29(40)38-27(18-21-10-2-1-3-11-21)30(41)39-28(19-22-20-36-25-14-5-4-12-23(22)25)31(42)37-26(32(43)44)15-7-9-17-34/h1-5,10-12,14,20,24,26-28,36H,6-9,13,15-19,33-35H2,(H,37,42)(H,38,40)(H,39,41)(H,43,44)/t24-,26-,27-,28-/m0/s1. The number of aromatic nitrogens is 1. The predicted octanol–water partition coefficient (Wildman–Crippen LogP) is 1.08. The highest BCUT2D eigenvalue weighted by Crippen LogP contribution is 2.19.